The van der Waals surface area contributed by atoms with E-state index < -0.39 is 5.54 Å². The average Bonchev–Trinajstić information content (AvgIpc) is 2.88. The van der Waals surface area contributed by atoms with Crippen molar-refractivity contribution < 1.29 is 9.59 Å². The lowest BCUT2D eigenvalue weighted by Gasteiger charge is -2.33. The van der Waals surface area contributed by atoms with Gasteiger partial charge in [-0.25, -0.2) is 4.79 Å². The zero-order valence-electron chi connectivity index (χ0n) is 12.7. The highest BCUT2D eigenvalue weighted by Crippen LogP contribution is 2.26. The summed E-state index contributed by atoms with van der Waals surface area (Å²) in [6.45, 7) is 3.79. The number of hydrogen-bond acceptors (Lipinski definition) is 3. The number of amides is 3. The number of carbonyl (C=O) groups is 2. The molecule has 0 aromatic rings. The third kappa shape index (κ3) is 4.48. The summed E-state index contributed by atoms with van der Waals surface area (Å²) in [5.74, 6) is -0.0417. The Morgan fingerprint density at radius 1 is 1.29 bits per heavy atom. The van der Waals surface area contributed by atoms with Crippen molar-refractivity contribution in [1.29, 1.82) is 0 Å². The van der Waals surface area contributed by atoms with Gasteiger partial charge in [-0.15, -0.1) is 12.4 Å². The Morgan fingerprint density at radius 3 is 2.57 bits per heavy atom. The number of rotatable bonds is 3. The van der Waals surface area contributed by atoms with E-state index in [1.807, 2.05) is 6.92 Å². The molecule has 3 amide bonds. The molecule has 2 aliphatic rings. The summed E-state index contributed by atoms with van der Waals surface area (Å²) in [6.07, 6.45) is 5.57. The summed E-state index contributed by atoms with van der Waals surface area (Å²) < 4.78 is 0. The van der Waals surface area contributed by atoms with Gasteiger partial charge in [-0.2, -0.15) is 0 Å². The van der Waals surface area contributed by atoms with Crippen LogP contribution in [0.2, 0.25) is 0 Å². The number of urea groups is 1. The van der Waals surface area contributed by atoms with Crippen molar-refractivity contribution in [3.05, 3.63) is 0 Å². The molecule has 0 aromatic heterocycles. The van der Waals surface area contributed by atoms with Crippen LogP contribution in [0.4, 0.5) is 4.79 Å². The van der Waals surface area contributed by atoms with Gasteiger partial charge >= 0.3 is 6.03 Å². The minimum absolute atomic E-state index is 0. The van der Waals surface area contributed by atoms with Crippen LogP contribution in [0.5, 0.6) is 0 Å². The Labute approximate surface area is 132 Å². The monoisotopic (exact) mass is 318 g/mol. The number of carbonyl (C=O) groups excluding carboxylic acids is 2. The van der Waals surface area contributed by atoms with Crippen molar-refractivity contribution in [1.82, 2.24) is 15.5 Å². The first kappa shape index (κ1) is 18.0. The number of nitrogens with two attached hydrogens (primary N) is 1. The van der Waals surface area contributed by atoms with E-state index in [4.69, 9.17) is 5.73 Å². The number of likely N-dealkylation sites (tertiary alicyclic amines) is 1. The topological polar surface area (TPSA) is 87.5 Å². The lowest BCUT2D eigenvalue weighted by atomic mass is 9.82. The van der Waals surface area contributed by atoms with Gasteiger partial charge in [0, 0.05) is 25.7 Å². The zero-order valence-corrected chi connectivity index (χ0v) is 13.5. The molecule has 1 saturated carbocycles. The largest absolute Gasteiger partial charge is 0.350 e. The quantitative estimate of drug-likeness (QED) is 0.725. The van der Waals surface area contributed by atoms with E-state index in [9.17, 15) is 9.59 Å². The van der Waals surface area contributed by atoms with Gasteiger partial charge in [0.25, 0.3) is 0 Å². The van der Waals surface area contributed by atoms with Gasteiger partial charge in [0.15, 0.2) is 0 Å². The van der Waals surface area contributed by atoms with Crippen LogP contribution in [-0.4, -0.2) is 48.1 Å². The summed E-state index contributed by atoms with van der Waals surface area (Å²) in [5.41, 5.74) is 5.52. The lowest BCUT2D eigenvalue weighted by molar-refractivity contribution is -0.128. The van der Waals surface area contributed by atoms with Crippen LogP contribution in [0.3, 0.4) is 0 Å². The molecule has 1 saturated heterocycles. The molecule has 1 unspecified atom stereocenters. The summed E-state index contributed by atoms with van der Waals surface area (Å²) in [4.78, 5) is 25.8. The smallest absolute Gasteiger partial charge is 0.317 e. The van der Waals surface area contributed by atoms with Crippen molar-refractivity contribution in [3.63, 3.8) is 0 Å². The van der Waals surface area contributed by atoms with E-state index in [1.165, 1.54) is 6.42 Å². The molecule has 1 aliphatic heterocycles. The molecule has 1 atom stereocenters. The van der Waals surface area contributed by atoms with Gasteiger partial charge in [-0.1, -0.05) is 19.3 Å². The van der Waals surface area contributed by atoms with Crippen LogP contribution in [0.15, 0.2) is 0 Å². The van der Waals surface area contributed by atoms with Crippen LogP contribution in [0.1, 0.15) is 45.4 Å². The van der Waals surface area contributed by atoms with Gasteiger partial charge in [0.1, 0.15) is 0 Å². The van der Waals surface area contributed by atoms with Crippen LogP contribution < -0.4 is 16.4 Å². The molecular weight excluding hydrogens is 292 g/mol. The lowest BCUT2D eigenvalue weighted by Crippen LogP contribution is -2.57. The molecule has 1 aliphatic carbocycles. The van der Waals surface area contributed by atoms with E-state index in [0.717, 1.165) is 32.1 Å². The third-order valence-corrected chi connectivity index (χ3v) is 4.34. The van der Waals surface area contributed by atoms with E-state index in [1.54, 1.807) is 4.90 Å². The SMILES string of the molecule is CCNC(=O)N1CCC(NC(=O)C2(N)CCCCC2)C1.Cl. The second kappa shape index (κ2) is 7.84. The maximum atomic E-state index is 12.3. The first-order valence-corrected chi connectivity index (χ1v) is 7.68. The second-order valence-corrected chi connectivity index (χ2v) is 5.96. The fraction of sp³-hybridized carbons (Fsp3) is 0.857. The molecule has 0 aromatic carbocycles. The van der Waals surface area contributed by atoms with Crippen molar-refractivity contribution >= 4 is 24.3 Å². The van der Waals surface area contributed by atoms with E-state index >= 15 is 0 Å². The van der Waals surface area contributed by atoms with E-state index in [0.29, 0.717) is 19.6 Å². The molecule has 2 rings (SSSR count). The number of halogens is 1. The third-order valence-electron chi connectivity index (χ3n) is 4.34. The highest BCUT2D eigenvalue weighted by Gasteiger charge is 2.37. The van der Waals surface area contributed by atoms with Crippen LogP contribution in [0, 0.1) is 0 Å². The maximum absolute atomic E-state index is 12.3. The standard InChI is InChI=1S/C14H26N4O2.ClH/c1-2-16-13(20)18-9-6-11(10-18)17-12(19)14(15)7-4-3-5-8-14;/h11H,2-10,15H2,1H3,(H,16,20)(H,17,19);1H. The summed E-state index contributed by atoms with van der Waals surface area (Å²) in [5, 5.41) is 5.81. The molecule has 0 radical (unpaired) electrons. The highest BCUT2D eigenvalue weighted by molar-refractivity contribution is 5.86. The maximum Gasteiger partial charge on any atom is 0.317 e. The minimum atomic E-state index is -0.697. The Kier molecular flexibility index (Phi) is 6.74. The summed E-state index contributed by atoms with van der Waals surface area (Å²) in [7, 11) is 0. The molecule has 1 heterocycles. The Balaban J connectivity index is 0.00000220. The molecule has 122 valence electrons. The molecule has 4 N–H and O–H groups in total. The van der Waals surface area contributed by atoms with E-state index in [-0.39, 0.29) is 30.4 Å². The number of nitrogens with zero attached hydrogens (tertiary/aromatic N) is 1. The average molecular weight is 319 g/mol. The Bertz CT molecular complexity index is 372. The Hall–Kier alpha value is -1.01. The molecular formula is C14H27ClN4O2. The fourth-order valence-corrected chi connectivity index (χ4v) is 3.06. The van der Waals surface area contributed by atoms with Crippen LogP contribution in [0.25, 0.3) is 0 Å². The first-order valence-electron chi connectivity index (χ1n) is 7.68. The predicted octanol–water partition coefficient (Wildman–Crippen LogP) is 0.990. The van der Waals surface area contributed by atoms with Gasteiger partial charge in [0.2, 0.25) is 5.91 Å². The predicted molar refractivity (Wildman–Crippen MR) is 84.4 cm³/mol. The van der Waals surface area contributed by atoms with Crippen molar-refractivity contribution in [3.8, 4) is 0 Å². The Morgan fingerprint density at radius 2 is 1.95 bits per heavy atom. The van der Waals surface area contributed by atoms with Crippen molar-refractivity contribution in [2.24, 2.45) is 5.73 Å². The zero-order chi connectivity index (χ0) is 14.6. The van der Waals surface area contributed by atoms with Gasteiger partial charge < -0.3 is 21.3 Å². The first-order chi connectivity index (χ1) is 9.55. The molecule has 0 spiro atoms. The van der Waals surface area contributed by atoms with Crippen molar-refractivity contribution in [2.45, 2.75) is 57.0 Å². The highest BCUT2D eigenvalue weighted by atomic mass is 35.5. The van der Waals surface area contributed by atoms with E-state index in [2.05, 4.69) is 10.6 Å². The van der Waals surface area contributed by atoms with Gasteiger partial charge in [-0.05, 0) is 26.2 Å². The summed E-state index contributed by atoms with van der Waals surface area (Å²) in [6, 6.07) is -0.0168. The number of hydrogen-bond donors (Lipinski definition) is 3. The second-order valence-electron chi connectivity index (χ2n) is 5.96. The molecule has 2 fully saturated rings. The number of nitrogens with one attached hydrogen (secondary N) is 2. The van der Waals surface area contributed by atoms with Gasteiger partial charge in [-0.3, -0.25) is 4.79 Å². The molecule has 21 heavy (non-hydrogen) atoms. The fourth-order valence-electron chi connectivity index (χ4n) is 3.06. The van der Waals surface area contributed by atoms with Crippen molar-refractivity contribution in [2.75, 3.05) is 19.6 Å². The normalized spacial score (nSPS) is 24.1. The molecule has 7 heteroatoms. The van der Waals surface area contributed by atoms with Crippen LogP contribution >= 0.6 is 12.4 Å². The van der Waals surface area contributed by atoms with Gasteiger partial charge in [0.05, 0.1) is 5.54 Å². The van der Waals surface area contributed by atoms with Crippen LogP contribution in [-0.2, 0) is 4.79 Å². The molecule has 6 nitrogen and oxygen atoms in total. The minimum Gasteiger partial charge on any atom is -0.350 e. The molecule has 0 bridgehead atoms. The summed E-state index contributed by atoms with van der Waals surface area (Å²) >= 11 is 0.